The Labute approximate surface area is 163 Å². The summed E-state index contributed by atoms with van der Waals surface area (Å²) in [6.45, 7) is 5.83. The second kappa shape index (κ2) is 8.09. The lowest BCUT2D eigenvalue weighted by Gasteiger charge is -2.32. The summed E-state index contributed by atoms with van der Waals surface area (Å²) in [5.74, 6) is -0.153. The zero-order valence-corrected chi connectivity index (χ0v) is 16.7. The number of carbonyl (C=O) groups is 1. The molecule has 7 nitrogen and oxygen atoms in total. The molecule has 1 aromatic heterocycles. The van der Waals surface area contributed by atoms with E-state index in [2.05, 4.69) is 26.9 Å². The molecule has 8 heteroatoms. The van der Waals surface area contributed by atoms with E-state index in [1.807, 2.05) is 39.0 Å². The minimum absolute atomic E-state index is 0.153. The van der Waals surface area contributed by atoms with E-state index in [4.69, 9.17) is 0 Å². The fourth-order valence-corrected chi connectivity index (χ4v) is 4.30. The molecule has 142 valence electrons. The van der Waals surface area contributed by atoms with E-state index in [0.717, 1.165) is 36.1 Å². The molecule has 1 aromatic carbocycles. The van der Waals surface area contributed by atoms with Gasteiger partial charge in [-0.2, -0.15) is 9.94 Å². The largest absolute Gasteiger partial charge is 0.337 e. The maximum atomic E-state index is 12.7. The van der Waals surface area contributed by atoms with Gasteiger partial charge in [0.25, 0.3) is 0 Å². The monoisotopic (exact) mass is 384 g/mol. The van der Waals surface area contributed by atoms with Gasteiger partial charge in [-0.1, -0.05) is 49.2 Å². The first-order valence-electron chi connectivity index (χ1n) is 9.21. The van der Waals surface area contributed by atoms with Crippen LogP contribution in [-0.4, -0.2) is 36.9 Å². The van der Waals surface area contributed by atoms with E-state index in [0.29, 0.717) is 18.0 Å². The molecule has 3 rings (SSSR count). The molecular weight excluding hydrogens is 360 g/mol. The van der Waals surface area contributed by atoms with Crippen LogP contribution in [0.4, 0.5) is 0 Å². The van der Waals surface area contributed by atoms with Crippen molar-refractivity contribution in [3.05, 3.63) is 29.3 Å². The number of aryl methyl sites for hydroxylation is 2. The van der Waals surface area contributed by atoms with Gasteiger partial charge in [0.1, 0.15) is 5.54 Å². The lowest BCUT2D eigenvalue weighted by Crippen LogP contribution is -2.51. The third-order valence-electron chi connectivity index (χ3n) is 5.03. The molecule has 0 radical (unpaired) electrons. The summed E-state index contributed by atoms with van der Waals surface area (Å²) in [5, 5.41) is 24.7. The van der Waals surface area contributed by atoms with Crippen LogP contribution in [0.1, 0.15) is 50.2 Å². The second-order valence-corrected chi connectivity index (χ2v) is 8.43. The Kier molecular flexibility index (Phi) is 5.80. The van der Waals surface area contributed by atoms with Crippen molar-refractivity contribution in [2.24, 2.45) is 0 Å². The topological polar surface area (TPSA) is 96.5 Å². The highest BCUT2D eigenvalue weighted by Gasteiger charge is 2.35. The summed E-state index contributed by atoms with van der Waals surface area (Å²) in [7, 11) is 0. The summed E-state index contributed by atoms with van der Waals surface area (Å²) in [6.07, 6.45) is 4.49. The van der Waals surface area contributed by atoms with Crippen molar-refractivity contribution in [3.63, 3.8) is 0 Å². The van der Waals surface area contributed by atoms with Crippen LogP contribution in [-0.2, 0) is 4.79 Å². The van der Waals surface area contributed by atoms with Gasteiger partial charge in [0.15, 0.2) is 0 Å². The predicted molar refractivity (Wildman–Crippen MR) is 104 cm³/mol. The first kappa shape index (κ1) is 19.4. The van der Waals surface area contributed by atoms with Crippen LogP contribution in [0.2, 0.25) is 0 Å². The summed E-state index contributed by atoms with van der Waals surface area (Å²) >= 11 is 1.30. The normalized spacial score (nSPS) is 17.1. The number of para-hydroxylation sites is 1. The molecule has 0 spiro atoms. The Bertz CT molecular complexity index is 845. The third-order valence-corrected chi connectivity index (χ3v) is 6.06. The average molecular weight is 385 g/mol. The van der Waals surface area contributed by atoms with Crippen molar-refractivity contribution in [1.29, 1.82) is 5.26 Å². The van der Waals surface area contributed by atoms with Gasteiger partial charge in [-0.15, -0.1) is 5.10 Å². The first-order chi connectivity index (χ1) is 13.0. The number of thioether (sulfide) groups is 1. The van der Waals surface area contributed by atoms with Crippen LogP contribution in [0.3, 0.4) is 0 Å². The van der Waals surface area contributed by atoms with Gasteiger partial charge in [0, 0.05) is 0 Å². The average Bonchev–Trinajstić information content (AvgIpc) is 3.10. The van der Waals surface area contributed by atoms with E-state index < -0.39 is 10.8 Å². The number of amides is 1. The minimum atomic E-state index is -0.733. The number of nitriles is 1. The highest BCUT2D eigenvalue weighted by Crippen LogP contribution is 2.30. The Morgan fingerprint density at radius 3 is 2.59 bits per heavy atom. The zero-order chi connectivity index (χ0) is 19.4. The number of hydrogen-bond donors (Lipinski definition) is 1. The van der Waals surface area contributed by atoms with Gasteiger partial charge in [-0.3, -0.25) is 4.79 Å². The van der Waals surface area contributed by atoms with Crippen LogP contribution in [0, 0.1) is 25.2 Å². The van der Waals surface area contributed by atoms with Crippen molar-refractivity contribution < 1.29 is 4.79 Å². The highest BCUT2D eigenvalue weighted by molar-refractivity contribution is 8.00. The van der Waals surface area contributed by atoms with Gasteiger partial charge in [0.2, 0.25) is 11.1 Å². The summed E-state index contributed by atoms with van der Waals surface area (Å²) in [5.41, 5.74) is 2.32. The second-order valence-electron chi connectivity index (χ2n) is 7.12. The quantitative estimate of drug-likeness (QED) is 0.796. The number of benzene rings is 1. The van der Waals surface area contributed by atoms with Gasteiger partial charge < -0.3 is 5.32 Å². The number of aromatic nitrogens is 4. The van der Waals surface area contributed by atoms with Crippen molar-refractivity contribution in [2.45, 2.75) is 68.8 Å². The molecule has 1 aliphatic carbocycles. The fourth-order valence-electron chi connectivity index (χ4n) is 3.50. The van der Waals surface area contributed by atoms with Crippen molar-refractivity contribution in [1.82, 2.24) is 25.5 Å². The van der Waals surface area contributed by atoms with Crippen molar-refractivity contribution >= 4 is 17.7 Å². The summed E-state index contributed by atoms with van der Waals surface area (Å²) < 4.78 is 1.68. The fraction of sp³-hybridized carbons (Fsp3) is 0.526. The Hall–Kier alpha value is -2.40. The standard InChI is InChI=1S/C19H24N6OS/c1-13-8-7-9-14(2)16(13)25-18(22-23-24-25)27-15(3)17(26)21-19(12-20)10-5-4-6-11-19/h7-9,15H,4-6,10-11H2,1-3H3,(H,21,26). The Morgan fingerprint density at radius 1 is 1.30 bits per heavy atom. The molecule has 0 aliphatic heterocycles. The number of hydrogen-bond acceptors (Lipinski definition) is 6. The highest BCUT2D eigenvalue weighted by atomic mass is 32.2. The minimum Gasteiger partial charge on any atom is -0.337 e. The van der Waals surface area contributed by atoms with Crippen molar-refractivity contribution in [3.8, 4) is 11.8 Å². The molecule has 0 saturated heterocycles. The van der Waals surface area contributed by atoms with Crippen LogP contribution in [0.25, 0.3) is 5.69 Å². The van der Waals surface area contributed by atoms with Crippen LogP contribution < -0.4 is 5.32 Å². The first-order valence-corrected chi connectivity index (χ1v) is 10.1. The Morgan fingerprint density at radius 2 is 1.96 bits per heavy atom. The lowest BCUT2D eigenvalue weighted by atomic mass is 9.83. The van der Waals surface area contributed by atoms with E-state index in [1.54, 1.807) is 4.68 Å². The predicted octanol–water partition coefficient (Wildman–Crippen LogP) is 3.10. The maximum Gasteiger partial charge on any atom is 0.234 e. The molecule has 27 heavy (non-hydrogen) atoms. The smallest absolute Gasteiger partial charge is 0.234 e. The van der Waals surface area contributed by atoms with Crippen LogP contribution in [0.5, 0.6) is 0 Å². The molecule has 1 N–H and O–H groups in total. The molecule has 0 bridgehead atoms. The third kappa shape index (κ3) is 4.14. The number of rotatable bonds is 5. The van der Waals surface area contributed by atoms with E-state index in [-0.39, 0.29) is 5.91 Å². The molecule has 2 aromatic rings. The van der Waals surface area contributed by atoms with Gasteiger partial charge in [-0.25, -0.2) is 0 Å². The van der Waals surface area contributed by atoms with Gasteiger partial charge >= 0.3 is 0 Å². The number of tetrazole rings is 1. The molecule has 1 aliphatic rings. The van der Waals surface area contributed by atoms with Crippen LogP contribution >= 0.6 is 11.8 Å². The molecule has 1 atom stereocenters. The molecular formula is C19H24N6OS. The SMILES string of the molecule is Cc1cccc(C)c1-n1nnnc1SC(C)C(=O)NC1(C#N)CCCCC1. The van der Waals surface area contributed by atoms with E-state index >= 15 is 0 Å². The molecule has 1 amide bonds. The molecule has 1 saturated carbocycles. The van der Waals surface area contributed by atoms with Crippen LogP contribution in [0.15, 0.2) is 23.4 Å². The number of nitrogens with one attached hydrogen (secondary N) is 1. The maximum absolute atomic E-state index is 12.7. The van der Waals surface area contributed by atoms with E-state index in [1.165, 1.54) is 11.8 Å². The number of nitrogens with zero attached hydrogens (tertiary/aromatic N) is 5. The summed E-state index contributed by atoms with van der Waals surface area (Å²) in [6, 6.07) is 8.34. The van der Waals surface area contributed by atoms with Gasteiger partial charge in [-0.05, 0) is 55.2 Å². The number of carbonyl (C=O) groups excluding carboxylic acids is 1. The lowest BCUT2D eigenvalue weighted by molar-refractivity contribution is -0.121. The van der Waals surface area contributed by atoms with Crippen molar-refractivity contribution in [2.75, 3.05) is 0 Å². The molecule has 1 fully saturated rings. The zero-order valence-electron chi connectivity index (χ0n) is 15.9. The van der Waals surface area contributed by atoms with Gasteiger partial charge in [0.05, 0.1) is 17.0 Å². The Balaban J connectivity index is 1.76. The molecule has 1 heterocycles. The molecule has 1 unspecified atom stereocenters. The van der Waals surface area contributed by atoms with E-state index in [9.17, 15) is 10.1 Å². The summed E-state index contributed by atoms with van der Waals surface area (Å²) in [4.78, 5) is 12.7.